The highest BCUT2D eigenvalue weighted by atomic mass is 32.2. The normalized spacial score (nSPS) is 12.7. The topological polar surface area (TPSA) is 63.1 Å². The summed E-state index contributed by atoms with van der Waals surface area (Å²) in [6.07, 6.45) is -4.66. The van der Waals surface area contributed by atoms with Gasteiger partial charge in [-0.25, -0.2) is 9.97 Å². The highest BCUT2D eigenvalue weighted by Crippen LogP contribution is 2.37. The quantitative estimate of drug-likeness (QED) is 0.478. The van der Waals surface area contributed by atoms with Gasteiger partial charge in [-0.2, -0.15) is 13.2 Å². The Kier molecular flexibility index (Phi) is 5.28. The summed E-state index contributed by atoms with van der Waals surface area (Å²) >= 11 is 1.92. The van der Waals surface area contributed by atoms with Crippen LogP contribution in [0.5, 0.6) is 0 Å². The summed E-state index contributed by atoms with van der Waals surface area (Å²) in [4.78, 5) is 19.8. The van der Waals surface area contributed by atoms with Gasteiger partial charge in [-0.1, -0.05) is 48.2 Å². The largest absolute Gasteiger partial charge is 0.480 e. The van der Waals surface area contributed by atoms with Crippen LogP contribution in [0.2, 0.25) is 0 Å². The van der Waals surface area contributed by atoms with Gasteiger partial charge in [0.05, 0.1) is 10.6 Å². The first-order chi connectivity index (χ1) is 12.3. The molecule has 0 aliphatic carbocycles. The van der Waals surface area contributed by atoms with Crippen molar-refractivity contribution in [1.29, 1.82) is 0 Å². The van der Waals surface area contributed by atoms with Crippen LogP contribution in [0.3, 0.4) is 0 Å². The van der Waals surface area contributed by atoms with Crippen LogP contribution in [-0.2, 0) is 11.0 Å². The van der Waals surface area contributed by atoms with E-state index in [9.17, 15) is 23.1 Å². The minimum absolute atomic E-state index is 0.113. The Morgan fingerprint density at radius 1 is 1.12 bits per heavy atom. The van der Waals surface area contributed by atoms with Crippen LogP contribution in [-0.4, -0.2) is 21.0 Å². The number of carboxylic acid groups (broad SMARTS) is 1. The SMILES string of the molecule is O=C(O)C(Sc1nc(-c2cccs2)cc(C(F)(F)F)n1)c1ccccc1. The van der Waals surface area contributed by atoms with E-state index in [1.165, 1.54) is 11.3 Å². The molecule has 0 aliphatic rings. The zero-order valence-electron chi connectivity index (χ0n) is 13.0. The molecular formula is C17H11F3N2O2S2. The van der Waals surface area contributed by atoms with E-state index in [4.69, 9.17) is 0 Å². The van der Waals surface area contributed by atoms with Gasteiger partial charge >= 0.3 is 12.1 Å². The summed E-state index contributed by atoms with van der Waals surface area (Å²) in [5, 5.41) is 9.85. The summed E-state index contributed by atoms with van der Waals surface area (Å²) in [6, 6.07) is 12.5. The zero-order chi connectivity index (χ0) is 18.7. The number of thioether (sulfide) groups is 1. The van der Waals surface area contributed by atoms with Gasteiger partial charge in [0, 0.05) is 0 Å². The summed E-state index contributed by atoms with van der Waals surface area (Å²) in [5.74, 6) is -1.18. The van der Waals surface area contributed by atoms with E-state index in [0.29, 0.717) is 22.2 Å². The molecule has 1 unspecified atom stereocenters. The van der Waals surface area contributed by atoms with Crippen LogP contribution >= 0.6 is 23.1 Å². The number of rotatable bonds is 5. The third-order valence-electron chi connectivity index (χ3n) is 3.32. The van der Waals surface area contributed by atoms with Crippen molar-refractivity contribution in [2.75, 3.05) is 0 Å². The van der Waals surface area contributed by atoms with Crippen LogP contribution in [0.25, 0.3) is 10.6 Å². The van der Waals surface area contributed by atoms with Crippen molar-refractivity contribution in [3.8, 4) is 10.6 Å². The molecule has 2 heterocycles. The van der Waals surface area contributed by atoms with Crippen LogP contribution in [0.15, 0.2) is 59.1 Å². The van der Waals surface area contributed by atoms with Crippen molar-refractivity contribution in [2.45, 2.75) is 16.6 Å². The van der Waals surface area contributed by atoms with E-state index >= 15 is 0 Å². The van der Waals surface area contributed by atoms with E-state index in [0.717, 1.165) is 6.07 Å². The Bertz CT molecular complexity index is 900. The first-order valence-electron chi connectivity index (χ1n) is 7.29. The third kappa shape index (κ3) is 4.23. The molecule has 9 heteroatoms. The second kappa shape index (κ2) is 7.46. The molecule has 0 saturated heterocycles. The van der Waals surface area contributed by atoms with Crippen LogP contribution in [0.4, 0.5) is 13.2 Å². The van der Waals surface area contributed by atoms with Crippen molar-refractivity contribution in [3.63, 3.8) is 0 Å². The molecular weight excluding hydrogens is 385 g/mol. The fourth-order valence-electron chi connectivity index (χ4n) is 2.17. The van der Waals surface area contributed by atoms with Crippen LogP contribution in [0, 0.1) is 0 Å². The van der Waals surface area contributed by atoms with Gasteiger partial charge in [-0.3, -0.25) is 4.79 Å². The smallest absolute Gasteiger partial charge is 0.433 e. The highest BCUT2D eigenvalue weighted by molar-refractivity contribution is 8.00. The van der Waals surface area contributed by atoms with Gasteiger partial charge in [0.25, 0.3) is 0 Å². The van der Waals surface area contributed by atoms with Gasteiger partial charge in [-0.05, 0) is 23.1 Å². The molecule has 0 radical (unpaired) electrons. The zero-order valence-corrected chi connectivity index (χ0v) is 14.6. The lowest BCUT2D eigenvalue weighted by molar-refractivity contribution is -0.141. The Morgan fingerprint density at radius 3 is 2.42 bits per heavy atom. The highest BCUT2D eigenvalue weighted by Gasteiger charge is 2.34. The molecule has 0 amide bonds. The molecule has 1 atom stereocenters. The minimum Gasteiger partial charge on any atom is -0.480 e. The number of alkyl halides is 3. The van der Waals surface area contributed by atoms with Gasteiger partial charge < -0.3 is 5.11 Å². The number of halogens is 3. The molecule has 1 aromatic carbocycles. The molecule has 2 aromatic heterocycles. The molecule has 0 fully saturated rings. The number of benzene rings is 1. The van der Waals surface area contributed by atoms with Crippen LogP contribution in [0.1, 0.15) is 16.5 Å². The fraction of sp³-hybridized carbons (Fsp3) is 0.118. The molecule has 134 valence electrons. The van der Waals surface area contributed by atoms with Crippen molar-refractivity contribution in [3.05, 3.63) is 65.2 Å². The maximum Gasteiger partial charge on any atom is 0.433 e. The van der Waals surface area contributed by atoms with E-state index < -0.39 is 23.1 Å². The Labute approximate surface area is 154 Å². The standard InChI is InChI=1S/C17H11F3N2O2S2/c18-17(19,20)13-9-11(12-7-4-8-25-12)21-16(22-13)26-14(15(23)24)10-5-2-1-3-6-10/h1-9,14H,(H,23,24). The number of carboxylic acids is 1. The lowest BCUT2D eigenvalue weighted by Crippen LogP contribution is -2.12. The monoisotopic (exact) mass is 396 g/mol. The second-order valence-corrected chi connectivity index (χ2v) is 7.16. The summed E-state index contributed by atoms with van der Waals surface area (Å²) < 4.78 is 39.6. The second-order valence-electron chi connectivity index (χ2n) is 5.14. The van der Waals surface area contributed by atoms with Crippen molar-refractivity contribution < 1.29 is 23.1 Å². The molecule has 26 heavy (non-hydrogen) atoms. The molecule has 0 aliphatic heterocycles. The lowest BCUT2D eigenvalue weighted by atomic mass is 10.1. The average Bonchev–Trinajstić information content (AvgIpc) is 3.14. The van der Waals surface area contributed by atoms with Crippen molar-refractivity contribution in [1.82, 2.24) is 9.97 Å². The number of aliphatic carboxylic acids is 1. The van der Waals surface area contributed by atoms with Gasteiger partial charge in [0.1, 0.15) is 10.9 Å². The van der Waals surface area contributed by atoms with Gasteiger partial charge in [-0.15, -0.1) is 11.3 Å². The number of nitrogens with zero attached hydrogens (tertiary/aromatic N) is 2. The molecule has 0 saturated carbocycles. The number of hydrogen-bond donors (Lipinski definition) is 1. The fourth-order valence-corrected chi connectivity index (χ4v) is 3.76. The predicted octanol–water partition coefficient (Wildman–Crippen LogP) is 5.14. The van der Waals surface area contributed by atoms with Gasteiger partial charge in [0.15, 0.2) is 5.16 Å². The van der Waals surface area contributed by atoms with Crippen molar-refractivity contribution >= 4 is 29.1 Å². The first kappa shape index (κ1) is 18.4. The number of hydrogen-bond acceptors (Lipinski definition) is 5. The number of aromatic nitrogens is 2. The molecule has 3 aromatic rings. The molecule has 3 rings (SSSR count). The summed E-state index contributed by atoms with van der Waals surface area (Å²) in [5.41, 5.74) is -0.540. The Balaban J connectivity index is 2.03. The van der Waals surface area contributed by atoms with E-state index in [1.54, 1.807) is 47.8 Å². The molecule has 4 nitrogen and oxygen atoms in total. The Morgan fingerprint density at radius 2 is 1.85 bits per heavy atom. The predicted molar refractivity (Wildman–Crippen MR) is 93.0 cm³/mol. The summed E-state index contributed by atoms with van der Waals surface area (Å²) in [6.45, 7) is 0. The van der Waals surface area contributed by atoms with Crippen LogP contribution < -0.4 is 0 Å². The van der Waals surface area contributed by atoms with Gasteiger partial charge in [0.2, 0.25) is 0 Å². The first-order valence-corrected chi connectivity index (χ1v) is 9.05. The minimum atomic E-state index is -4.66. The molecule has 0 bridgehead atoms. The van der Waals surface area contributed by atoms with Crippen molar-refractivity contribution in [2.24, 2.45) is 0 Å². The Hall–Kier alpha value is -2.39. The van der Waals surface area contributed by atoms with E-state index in [1.807, 2.05) is 0 Å². The maximum absolute atomic E-state index is 13.2. The average molecular weight is 396 g/mol. The number of carbonyl (C=O) groups is 1. The van der Waals surface area contributed by atoms with E-state index in [-0.39, 0.29) is 10.9 Å². The molecule has 0 spiro atoms. The molecule has 1 N–H and O–H groups in total. The summed E-state index contributed by atoms with van der Waals surface area (Å²) in [7, 11) is 0. The lowest BCUT2D eigenvalue weighted by Gasteiger charge is -2.14. The third-order valence-corrected chi connectivity index (χ3v) is 5.31. The maximum atomic E-state index is 13.2. The number of thiophene rings is 1. The van der Waals surface area contributed by atoms with E-state index in [2.05, 4.69) is 9.97 Å².